The number of benzene rings is 2. The van der Waals surface area contributed by atoms with Gasteiger partial charge in [0.1, 0.15) is 0 Å². The van der Waals surface area contributed by atoms with E-state index in [0.717, 1.165) is 24.6 Å². The normalized spacial score (nSPS) is 10.5. The second kappa shape index (κ2) is 6.27. The molecule has 3 aromatic rings. The van der Waals surface area contributed by atoms with E-state index in [9.17, 15) is 0 Å². The fourth-order valence-electron chi connectivity index (χ4n) is 2.36. The summed E-state index contributed by atoms with van der Waals surface area (Å²) >= 11 is 0. The summed E-state index contributed by atoms with van der Waals surface area (Å²) in [4.78, 5) is 4.36. The highest BCUT2D eigenvalue weighted by Gasteiger charge is 2.03. The van der Waals surface area contributed by atoms with Gasteiger partial charge in [0, 0.05) is 24.6 Å². The minimum absolute atomic E-state index is 0.893. The summed E-state index contributed by atoms with van der Waals surface area (Å²) in [6.45, 7) is 3.14. The highest BCUT2D eigenvalue weighted by molar-refractivity contribution is 5.67. The van der Waals surface area contributed by atoms with Gasteiger partial charge in [-0.05, 0) is 29.7 Å². The average Bonchev–Trinajstić information content (AvgIpc) is 2.96. The summed E-state index contributed by atoms with van der Waals surface area (Å²) in [7, 11) is 0. The molecule has 0 aliphatic carbocycles. The topological polar surface area (TPSA) is 29.9 Å². The second-order valence-electron chi connectivity index (χ2n) is 5.01. The minimum atomic E-state index is 0.893. The Morgan fingerprint density at radius 2 is 1.67 bits per heavy atom. The predicted octanol–water partition coefficient (Wildman–Crippen LogP) is 4.70. The van der Waals surface area contributed by atoms with Crippen molar-refractivity contribution in [1.29, 1.82) is 0 Å². The zero-order valence-electron chi connectivity index (χ0n) is 12.2. The average molecular weight is 277 g/mol. The Balaban J connectivity index is 1.77. The van der Waals surface area contributed by atoms with Crippen LogP contribution in [0.5, 0.6) is 0 Å². The number of hydrogen-bond acceptors (Lipinski definition) is 2. The van der Waals surface area contributed by atoms with Crippen LogP contribution in [0, 0.1) is 0 Å². The van der Waals surface area contributed by atoms with Crippen LogP contribution in [0.3, 0.4) is 0 Å². The van der Waals surface area contributed by atoms with Gasteiger partial charge in [-0.3, -0.25) is 0 Å². The Hall–Kier alpha value is -2.55. The Morgan fingerprint density at radius 1 is 0.952 bits per heavy atom. The molecule has 0 spiro atoms. The van der Waals surface area contributed by atoms with Crippen LogP contribution in [0.2, 0.25) is 0 Å². The van der Waals surface area contributed by atoms with Crippen LogP contribution in [-0.4, -0.2) is 9.55 Å². The van der Waals surface area contributed by atoms with Crippen molar-refractivity contribution in [3.05, 3.63) is 67.0 Å². The molecule has 0 saturated heterocycles. The van der Waals surface area contributed by atoms with Crippen molar-refractivity contribution >= 4 is 11.6 Å². The van der Waals surface area contributed by atoms with Crippen LogP contribution >= 0.6 is 0 Å². The molecule has 0 aliphatic heterocycles. The second-order valence-corrected chi connectivity index (χ2v) is 5.01. The first kappa shape index (κ1) is 13.4. The number of aromatic nitrogens is 2. The summed E-state index contributed by atoms with van der Waals surface area (Å²) < 4.78 is 2.13. The SMILES string of the molecule is CCCn1ccnc1Nc1ccc(-c2ccccc2)cc1. The molecule has 0 atom stereocenters. The van der Waals surface area contributed by atoms with E-state index in [1.54, 1.807) is 0 Å². The Labute approximate surface area is 125 Å². The van der Waals surface area contributed by atoms with Gasteiger partial charge in [-0.25, -0.2) is 4.98 Å². The maximum absolute atomic E-state index is 4.36. The molecular formula is C18H19N3. The van der Waals surface area contributed by atoms with Crippen molar-refractivity contribution in [3.63, 3.8) is 0 Å². The Bertz CT molecular complexity index is 684. The number of imidazole rings is 1. The molecule has 0 bridgehead atoms. The summed E-state index contributed by atoms with van der Waals surface area (Å²) in [6.07, 6.45) is 4.93. The van der Waals surface area contributed by atoms with E-state index in [-0.39, 0.29) is 0 Å². The molecule has 21 heavy (non-hydrogen) atoms. The van der Waals surface area contributed by atoms with Gasteiger partial charge < -0.3 is 9.88 Å². The number of nitrogens with one attached hydrogen (secondary N) is 1. The van der Waals surface area contributed by atoms with E-state index >= 15 is 0 Å². The van der Waals surface area contributed by atoms with Crippen molar-refractivity contribution in [2.75, 3.05) is 5.32 Å². The van der Waals surface area contributed by atoms with Gasteiger partial charge in [0.2, 0.25) is 5.95 Å². The molecule has 0 amide bonds. The third kappa shape index (κ3) is 3.14. The van der Waals surface area contributed by atoms with Crippen molar-refractivity contribution in [2.24, 2.45) is 0 Å². The van der Waals surface area contributed by atoms with Gasteiger partial charge in [0.15, 0.2) is 0 Å². The van der Waals surface area contributed by atoms with Crippen LogP contribution in [0.1, 0.15) is 13.3 Å². The molecular weight excluding hydrogens is 258 g/mol. The summed E-state index contributed by atoms with van der Waals surface area (Å²) in [6, 6.07) is 18.8. The molecule has 2 aromatic carbocycles. The van der Waals surface area contributed by atoms with Gasteiger partial charge in [0.25, 0.3) is 0 Å². The lowest BCUT2D eigenvalue weighted by atomic mass is 10.1. The molecule has 106 valence electrons. The van der Waals surface area contributed by atoms with E-state index in [1.807, 2.05) is 18.5 Å². The van der Waals surface area contributed by atoms with E-state index in [0.29, 0.717) is 0 Å². The molecule has 1 aromatic heterocycles. The summed E-state index contributed by atoms with van der Waals surface area (Å²) in [5.41, 5.74) is 3.51. The monoisotopic (exact) mass is 277 g/mol. The van der Waals surface area contributed by atoms with Crippen LogP contribution in [-0.2, 0) is 6.54 Å². The van der Waals surface area contributed by atoms with Crippen molar-refractivity contribution in [1.82, 2.24) is 9.55 Å². The maximum atomic E-state index is 4.36. The number of aryl methyl sites for hydroxylation is 1. The smallest absolute Gasteiger partial charge is 0.207 e. The lowest BCUT2D eigenvalue weighted by Gasteiger charge is -2.09. The molecule has 3 heteroatoms. The molecule has 1 heterocycles. The summed E-state index contributed by atoms with van der Waals surface area (Å²) in [5, 5.41) is 3.37. The van der Waals surface area contributed by atoms with Crippen molar-refractivity contribution in [2.45, 2.75) is 19.9 Å². The quantitative estimate of drug-likeness (QED) is 0.732. The number of hydrogen-bond donors (Lipinski definition) is 1. The van der Waals surface area contributed by atoms with Gasteiger partial charge in [-0.1, -0.05) is 49.4 Å². The molecule has 1 N–H and O–H groups in total. The molecule has 0 saturated carbocycles. The molecule has 0 fully saturated rings. The Kier molecular flexibility index (Phi) is 4.01. The van der Waals surface area contributed by atoms with E-state index in [1.165, 1.54) is 11.1 Å². The number of anilines is 2. The lowest BCUT2D eigenvalue weighted by Crippen LogP contribution is -2.02. The molecule has 3 nitrogen and oxygen atoms in total. The predicted molar refractivity (Wildman–Crippen MR) is 87.7 cm³/mol. The molecule has 0 radical (unpaired) electrons. The van der Waals surface area contributed by atoms with Crippen molar-refractivity contribution < 1.29 is 0 Å². The van der Waals surface area contributed by atoms with Gasteiger partial charge in [-0.2, -0.15) is 0 Å². The van der Waals surface area contributed by atoms with E-state index in [4.69, 9.17) is 0 Å². The zero-order valence-corrected chi connectivity index (χ0v) is 12.2. The molecule has 0 unspecified atom stereocenters. The number of rotatable bonds is 5. The van der Waals surface area contributed by atoms with Crippen LogP contribution in [0.4, 0.5) is 11.6 Å². The first-order valence-electron chi connectivity index (χ1n) is 7.30. The molecule has 3 rings (SSSR count). The first-order valence-corrected chi connectivity index (χ1v) is 7.30. The standard InChI is InChI=1S/C18H19N3/c1-2-13-21-14-12-19-18(21)20-17-10-8-16(9-11-17)15-6-4-3-5-7-15/h3-12,14H,2,13H2,1H3,(H,19,20). The highest BCUT2D eigenvalue weighted by Crippen LogP contribution is 2.22. The largest absolute Gasteiger partial charge is 0.326 e. The maximum Gasteiger partial charge on any atom is 0.207 e. The number of nitrogens with zero attached hydrogens (tertiary/aromatic N) is 2. The van der Waals surface area contributed by atoms with Crippen LogP contribution in [0.15, 0.2) is 67.0 Å². The van der Waals surface area contributed by atoms with Crippen LogP contribution < -0.4 is 5.32 Å². The lowest BCUT2D eigenvalue weighted by molar-refractivity contribution is 0.686. The Morgan fingerprint density at radius 3 is 2.38 bits per heavy atom. The van der Waals surface area contributed by atoms with Crippen molar-refractivity contribution in [3.8, 4) is 11.1 Å². The van der Waals surface area contributed by atoms with Crippen LogP contribution in [0.25, 0.3) is 11.1 Å². The third-order valence-corrected chi connectivity index (χ3v) is 3.43. The third-order valence-electron chi connectivity index (χ3n) is 3.43. The minimum Gasteiger partial charge on any atom is -0.326 e. The highest BCUT2D eigenvalue weighted by atomic mass is 15.2. The van der Waals surface area contributed by atoms with E-state index < -0.39 is 0 Å². The molecule has 0 aliphatic rings. The zero-order chi connectivity index (χ0) is 14.5. The van der Waals surface area contributed by atoms with E-state index in [2.05, 4.69) is 70.3 Å². The first-order chi connectivity index (χ1) is 10.4. The van der Waals surface area contributed by atoms with Gasteiger partial charge >= 0.3 is 0 Å². The summed E-state index contributed by atoms with van der Waals surface area (Å²) in [5.74, 6) is 0.893. The fraction of sp³-hybridized carbons (Fsp3) is 0.167. The fourth-order valence-corrected chi connectivity index (χ4v) is 2.36. The van der Waals surface area contributed by atoms with Gasteiger partial charge in [-0.15, -0.1) is 0 Å². The van der Waals surface area contributed by atoms with Gasteiger partial charge in [0.05, 0.1) is 0 Å².